The minimum absolute atomic E-state index is 0.0750. The second-order valence-corrected chi connectivity index (χ2v) is 5.98. The quantitative estimate of drug-likeness (QED) is 0.526. The Labute approximate surface area is 165 Å². The fourth-order valence-electron chi connectivity index (χ4n) is 2.66. The first-order chi connectivity index (χ1) is 14.0. The molecule has 2 aromatic carbocycles. The number of nitrogens with one attached hydrogen (secondary N) is 1. The number of hydrogen-bond acceptors (Lipinski definition) is 7. The molecule has 9 nitrogen and oxygen atoms in total. The third-order valence-electron chi connectivity index (χ3n) is 4.14. The molecule has 0 amide bonds. The van der Waals surface area contributed by atoms with Gasteiger partial charge in [0.25, 0.3) is 5.56 Å². The summed E-state index contributed by atoms with van der Waals surface area (Å²) >= 11 is 0. The maximum Gasteiger partial charge on any atom is 0.340 e. The van der Waals surface area contributed by atoms with Crippen molar-refractivity contribution >= 4 is 23.3 Å². The lowest BCUT2D eigenvalue weighted by molar-refractivity contribution is 0.0587. The van der Waals surface area contributed by atoms with E-state index in [-0.39, 0.29) is 22.5 Å². The molecule has 1 N–H and O–H groups in total. The molecule has 9 heteroatoms. The first-order valence-electron chi connectivity index (χ1n) is 8.55. The van der Waals surface area contributed by atoms with E-state index in [0.717, 1.165) is 0 Å². The molecule has 0 bridgehead atoms. The van der Waals surface area contributed by atoms with E-state index in [4.69, 9.17) is 4.74 Å². The summed E-state index contributed by atoms with van der Waals surface area (Å²) < 4.78 is 10.8. The summed E-state index contributed by atoms with van der Waals surface area (Å²) in [5.41, 5.74) is 1.17. The van der Waals surface area contributed by atoms with E-state index in [1.165, 1.54) is 37.1 Å². The van der Waals surface area contributed by atoms with Crippen LogP contribution in [0.5, 0.6) is 0 Å². The number of H-pyrrole nitrogens is 1. The monoisotopic (exact) mass is 394 g/mol. The molecular formula is C20H18N4O5. The minimum Gasteiger partial charge on any atom is -0.465 e. The predicted molar refractivity (Wildman–Crippen MR) is 104 cm³/mol. The molecule has 1 aromatic heterocycles. The summed E-state index contributed by atoms with van der Waals surface area (Å²) in [6.07, 6.45) is 0. The van der Waals surface area contributed by atoms with Gasteiger partial charge in [-0.15, -0.1) is 10.2 Å². The number of ether oxygens (including phenoxy) is 2. The van der Waals surface area contributed by atoms with Crippen LogP contribution in [0.25, 0.3) is 5.69 Å². The van der Waals surface area contributed by atoms with Crippen LogP contribution in [0.1, 0.15) is 26.4 Å². The van der Waals surface area contributed by atoms with Gasteiger partial charge in [-0.05, 0) is 37.3 Å². The van der Waals surface area contributed by atoms with Crippen LogP contribution >= 0.6 is 0 Å². The molecule has 0 saturated heterocycles. The Morgan fingerprint density at radius 2 is 1.66 bits per heavy atom. The van der Waals surface area contributed by atoms with Gasteiger partial charge in [0.05, 0.1) is 36.7 Å². The Hall–Kier alpha value is -4.01. The van der Waals surface area contributed by atoms with Crippen LogP contribution < -0.4 is 5.56 Å². The van der Waals surface area contributed by atoms with Gasteiger partial charge in [0.1, 0.15) is 5.69 Å². The van der Waals surface area contributed by atoms with Crippen molar-refractivity contribution in [1.29, 1.82) is 0 Å². The van der Waals surface area contributed by atoms with E-state index in [1.54, 1.807) is 31.2 Å². The third-order valence-corrected chi connectivity index (χ3v) is 4.14. The normalized spacial score (nSPS) is 10.9. The first-order valence-corrected chi connectivity index (χ1v) is 8.55. The standard InChI is InChI=1S/C20H18N4O5/c1-12-17(18(25)24(23-12)14-7-5-4-6-8-14)22-21-16-11-13(19(26)28-2)9-10-15(16)20(27)29-3/h4-11,23H,1-3H3. The highest BCUT2D eigenvalue weighted by Gasteiger charge is 2.17. The molecule has 0 fully saturated rings. The number of hydrogen-bond donors (Lipinski definition) is 1. The lowest BCUT2D eigenvalue weighted by Gasteiger charge is -2.05. The van der Waals surface area contributed by atoms with Crippen LogP contribution in [-0.2, 0) is 9.47 Å². The van der Waals surface area contributed by atoms with Crippen molar-refractivity contribution in [3.05, 3.63) is 75.7 Å². The van der Waals surface area contributed by atoms with E-state index in [9.17, 15) is 14.4 Å². The van der Waals surface area contributed by atoms with E-state index < -0.39 is 17.5 Å². The first kappa shape index (κ1) is 19.7. The molecule has 148 valence electrons. The summed E-state index contributed by atoms with van der Waals surface area (Å²) in [6, 6.07) is 13.1. The number of carbonyl (C=O) groups excluding carboxylic acids is 2. The van der Waals surface area contributed by atoms with Gasteiger partial charge < -0.3 is 9.47 Å². The second kappa shape index (κ2) is 8.34. The van der Waals surface area contributed by atoms with Gasteiger partial charge in [0.15, 0.2) is 5.69 Å². The van der Waals surface area contributed by atoms with Gasteiger partial charge in [-0.3, -0.25) is 9.89 Å². The maximum absolute atomic E-state index is 12.7. The molecule has 0 aliphatic rings. The number of methoxy groups -OCH3 is 2. The predicted octanol–water partition coefficient (Wildman–Crippen LogP) is 3.46. The van der Waals surface area contributed by atoms with Gasteiger partial charge in [0.2, 0.25) is 0 Å². The molecule has 0 spiro atoms. The SMILES string of the molecule is COC(=O)c1ccc(C(=O)OC)c(N=Nc2c(C)[nH]n(-c3ccccc3)c2=O)c1. The van der Waals surface area contributed by atoms with E-state index in [1.807, 2.05) is 6.07 Å². The molecule has 29 heavy (non-hydrogen) atoms. The van der Waals surface area contributed by atoms with E-state index in [2.05, 4.69) is 20.1 Å². The zero-order chi connectivity index (χ0) is 21.0. The second-order valence-electron chi connectivity index (χ2n) is 5.98. The van der Waals surface area contributed by atoms with Crippen LogP contribution in [0.3, 0.4) is 0 Å². The zero-order valence-electron chi connectivity index (χ0n) is 16.0. The number of esters is 2. The van der Waals surface area contributed by atoms with Crippen LogP contribution in [0.15, 0.2) is 63.6 Å². The number of aryl methyl sites for hydroxylation is 1. The highest BCUT2D eigenvalue weighted by molar-refractivity contribution is 5.98. The van der Waals surface area contributed by atoms with Crippen molar-refractivity contribution in [1.82, 2.24) is 9.78 Å². The fourth-order valence-corrected chi connectivity index (χ4v) is 2.66. The van der Waals surface area contributed by atoms with Crippen LogP contribution in [0.4, 0.5) is 11.4 Å². The summed E-state index contributed by atoms with van der Waals surface area (Å²) in [5, 5.41) is 11.0. The highest BCUT2D eigenvalue weighted by Crippen LogP contribution is 2.25. The number of nitrogens with zero attached hydrogens (tertiary/aromatic N) is 3. The lowest BCUT2D eigenvalue weighted by atomic mass is 10.1. The molecule has 0 unspecified atom stereocenters. The number of benzene rings is 2. The largest absolute Gasteiger partial charge is 0.465 e. The summed E-state index contributed by atoms with van der Waals surface area (Å²) in [4.78, 5) is 36.5. The topological polar surface area (TPSA) is 115 Å². The average Bonchev–Trinajstić information content (AvgIpc) is 3.04. The van der Waals surface area contributed by atoms with Gasteiger partial charge in [0, 0.05) is 0 Å². The Morgan fingerprint density at radius 3 is 2.31 bits per heavy atom. The Bertz CT molecular complexity index is 1150. The summed E-state index contributed by atoms with van der Waals surface area (Å²) in [5.74, 6) is -1.25. The van der Waals surface area contributed by atoms with E-state index in [0.29, 0.717) is 11.4 Å². The number of carbonyl (C=O) groups is 2. The number of para-hydroxylation sites is 1. The highest BCUT2D eigenvalue weighted by atomic mass is 16.5. The van der Waals surface area contributed by atoms with Crippen molar-refractivity contribution in [3.8, 4) is 5.69 Å². The fraction of sp³-hybridized carbons (Fsp3) is 0.150. The number of aromatic amines is 1. The van der Waals surface area contributed by atoms with Crippen molar-refractivity contribution in [2.24, 2.45) is 10.2 Å². The van der Waals surface area contributed by atoms with Gasteiger partial charge >= 0.3 is 11.9 Å². The van der Waals surface area contributed by atoms with Crippen molar-refractivity contribution < 1.29 is 19.1 Å². The molecule has 0 atom stereocenters. The van der Waals surface area contributed by atoms with Crippen LogP contribution in [0.2, 0.25) is 0 Å². The molecule has 0 radical (unpaired) electrons. The zero-order valence-corrected chi connectivity index (χ0v) is 16.0. The Morgan fingerprint density at radius 1 is 0.966 bits per heavy atom. The van der Waals surface area contributed by atoms with Crippen LogP contribution in [-0.4, -0.2) is 35.9 Å². The Kier molecular flexibility index (Phi) is 5.68. The van der Waals surface area contributed by atoms with Crippen molar-refractivity contribution in [2.75, 3.05) is 14.2 Å². The van der Waals surface area contributed by atoms with Crippen molar-refractivity contribution in [3.63, 3.8) is 0 Å². The molecule has 3 aromatic rings. The molecule has 3 rings (SSSR count). The summed E-state index contributed by atoms with van der Waals surface area (Å²) in [7, 11) is 2.47. The molecule has 1 heterocycles. The number of rotatable bonds is 5. The third kappa shape index (κ3) is 3.98. The summed E-state index contributed by atoms with van der Waals surface area (Å²) in [6.45, 7) is 1.68. The maximum atomic E-state index is 12.7. The minimum atomic E-state index is -0.650. The van der Waals surface area contributed by atoms with Gasteiger partial charge in [-0.1, -0.05) is 18.2 Å². The van der Waals surface area contributed by atoms with Gasteiger partial charge in [-0.2, -0.15) is 0 Å². The van der Waals surface area contributed by atoms with E-state index >= 15 is 0 Å². The molecular weight excluding hydrogens is 376 g/mol. The van der Waals surface area contributed by atoms with Crippen LogP contribution in [0, 0.1) is 6.92 Å². The lowest BCUT2D eigenvalue weighted by Crippen LogP contribution is -2.13. The Balaban J connectivity index is 2.06. The molecule has 0 aliphatic heterocycles. The molecule has 0 saturated carbocycles. The van der Waals surface area contributed by atoms with Crippen molar-refractivity contribution in [2.45, 2.75) is 6.92 Å². The number of azo groups is 1. The smallest absolute Gasteiger partial charge is 0.340 e. The van der Waals surface area contributed by atoms with Gasteiger partial charge in [-0.25, -0.2) is 14.3 Å². The number of aromatic nitrogens is 2. The molecule has 0 aliphatic carbocycles. The average molecular weight is 394 g/mol.